The summed E-state index contributed by atoms with van der Waals surface area (Å²) >= 11 is 0. The van der Waals surface area contributed by atoms with Crippen LogP contribution in [0.25, 0.3) is 27.8 Å². The second-order valence-corrected chi connectivity index (χ2v) is 5.91. The molecule has 5 rings (SSSR count). The number of furan rings is 1. The maximum Gasteiger partial charge on any atom is 0.257 e. The number of H-pyrrole nitrogens is 1. The van der Waals surface area contributed by atoms with Crippen LogP contribution < -0.4 is 5.32 Å². The Morgan fingerprint density at radius 1 is 1.19 bits per heavy atom. The van der Waals surface area contributed by atoms with Crippen molar-refractivity contribution in [3.8, 4) is 11.3 Å². The second kappa shape index (κ2) is 5.59. The van der Waals surface area contributed by atoms with E-state index in [2.05, 4.69) is 20.5 Å². The summed E-state index contributed by atoms with van der Waals surface area (Å²) in [4.78, 5) is 16.8. The molecule has 7 nitrogen and oxygen atoms in total. The molecule has 0 aliphatic heterocycles. The molecule has 126 valence electrons. The van der Waals surface area contributed by atoms with Gasteiger partial charge in [0.15, 0.2) is 0 Å². The van der Waals surface area contributed by atoms with Gasteiger partial charge < -0.3 is 14.1 Å². The maximum atomic E-state index is 12.6. The summed E-state index contributed by atoms with van der Waals surface area (Å²) in [5.74, 6) is -0.187. The molecule has 0 saturated heterocycles. The standard InChI is InChI=1S/C19H13N5O2/c25-19(12-1-4-17-20-6-7-24(17)10-12)21-14-2-3-16-15(9-14)18(23-22-16)13-5-8-26-11-13/h1-11H,(H,21,25)(H,22,23). The molecule has 0 aliphatic carbocycles. The Kier molecular flexibility index (Phi) is 3.11. The quantitative estimate of drug-likeness (QED) is 0.522. The van der Waals surface area contributed by atoms with Gasteiger partial charge in [0.2, 0.25) is 0 Å². The average Bonchev–Trinajstić information content (AvgIpc) is 3.40. The molecule has 26 heavy (non-hydrogen) atoms. The van der Waals surface area contributed by atoms with Crippen LogP contribution >= 0.6 is 0 Å². The van der Waals surface area contributed by atoms with Crippen molar-refractivity contribution >= 4 is 28.1 Å². The zero-order valence-electron chi connectivity index (χ0n) is 13.5. The monoisotopic (exact) mass is 343 g/mol. The van der Waals surface area contributed by atoms with E-state index in [0.717, 1.165) is 27.8 Å². The minimum atomic E-state index is -0.187. The minimum absolute atomic E-state index is 0.187. The van der Waals surface area contributed by atoms with Crippen molar-refractivity contribution in [2.45, 2.75) is 0 Å². The summed E-state index contributed by atoms with van der Waals surface area (Å²) in [5, 5.41) is 11.2. The van der Waals surface area contributed by atoms with Crippen molar-refractivity contribution in [1.82, 2.24) is 19.6 Å². The number of aromatic amines is 1. The molecule has 4 heterocycles. The number of rotatable bonds is 3. The third-order valence-corrected chi connectivity index (χ3v) is 4.27. The molecule has 7 heteroatoms. The summed E-state index contributed by atoms with van der Waals surface area (Å²) in [6.07, 6.45) is 8.50. The Balaban J connectivity index is 1.48. The molecule has 0 atom stereocenters. The van der Waals surface area contributed by atoms with Crippen LogP contribution in [-0.2, 0) is 0 Å². The number of carbonyl (C=O) groups excluding carboxylic acids is 1. The number of anilines is 1. The Hall–Kier alpha value is -3.87. The molecule has 2 N–H and O–H groups in total. The fraction of sp³-hybridized carbons (Fsp3) is 0. The molecule has 4 aromatic heterocycles. The zero-order chi connectivity index (χ0) is 17.5. The first-order valence-electron chi connectivity index (χ1n) is 8.03. The smallest absolute Gasteiger partial charge is 0.257 e. The average molecular weight is 343 g/mol. The van der Waals surface area contributed by atoms with Crippen LogP contribution in [0.2, 0.25) is 0 Å². The van der Waals surface area contributed by atoms with Crippen molar-refractivity contribution in [2.75, 3.05) is 5.32 Å². The van der Waals surface area contributed by atoms with Gasteiger partial charge in [-0.25, -0.2) is 4.98 Å². The zero-order valence-corrected chi connectivity index (χ0v) is 13.5. The van der Waals surface area contributed by atoms with Crippen LogP contribution in [0.5, 0.6) is 0 Å². The number of nitrogens with one attached hydrogen (secondary N) is 2. The Morgan fingerprint density at radius 3 is 3.04 bits per heavy atom. The number of pyridine rings is 1. The van der Waals surface area contributed by atoms with E-state index >= 15 is 0 Å². The predicted molar refractivity (Wildman–Crippen MR) is 96.9 cm³/mol. The number of hydrogen-bond donors (Lipinski definition) is 2. The minimum Gasteiger partial charge on any atom is -0.472 e. The highest BCUT2D eigenvalue weighted by molar-refractivity contribution is 6.05. The fourth-order valence-electron chi connectivity index (χ4n) is 2.97. The number of hydrogen-bond acceptors (Lipinski definition) is 4. The molecule has 0 aliphatic rings. The van der Waals surface area contributed by atoms with E-state index in [-0.39, 0.29) is 5.91 Å². The second-order valence-electron chi connectivity index (χ2n) is 5.91. The van der Waals surface area contributed by atoms with Crippen molar-refractivity contribution in [1.29, 1.82) is 0 Å². The lowest BCUT2D eigenvalue weighted by Gasteiger charge is -2.06. The van der Waals surface area contributed by atoms with Gasteiger partial charge in [-0.1, -0.05) is 0 Å². The van der Waals surface area contributed by atoms with Crippen molar-refractivity contribution < 1.29 is 9.21 Å². The van der Waals surface area contributed by atoms with Gasteiger partial charge in [0.25, 0.3) is 5.91 Å². The lowest BCUT2D eigenvalue weighted by atomic mass is 10.1. The predicted octanol–water partition coefficient (Wildman–Crippen LogP) is 3.72. The summed E-state index contributed by atoms with van der Waals surface area (Å²) in [5.41, 5.74) is 4.59. The molecule has 0 spiro atoms. The number of fused-ring (bicyclic) bond motifs is 2. The lowest BCUT2D eigenvalue weighted by molar-refractivity contribution is 0.102. The van der Waals surface area contributed by atoms with Gasteiger partial charge >= 0.3 is 0 Å². The molecule has 0 saturated carbocycles. The number of aromatic nitrogens is 4. The Bertz CT molecular complexity index is 1230. The summed E-state index contributed by atoms with van der Waals surface area (Å²) in [7, 11) is 0. The first-order chi connectivity index (χ1) is 12.8. The van der Waals surface area contributed by atoms with Gasteiger partial charge in [-0.2, -0.15) is 5.10 Å². The molecule has 5 aromatic rings. The largest absolute Gasteiger partial charge is 0.472 e. The molecule has 1 aromatic carbocycles. The van der Waals surface area contributed by atoms with E-state index in [4.69, 9.17) is 4.42 Å². The topological polar surface area (TPSA) is 88.2 Å². The van der Waals surface area contributed by atoms with Crippen LogP contribution in [0.1, 0.15) is 10.4 Å². The maximum absolute atomic E-state index is 12.6. The highest BCUT2D eigenvalue weighted by atomic mass is 16.3. The van der Waals surface area contributed by atoms with E-state index in [1.54, 1.807) is 37.2 Å². The van der Waals surface area contributed by atoms with Crippen LogP contribution in [0, 0.1) is 0 Å². The fourth-order valence-corrected chi connectivity index (χ4v) is 2.97. The van der Waals surface area contributed by atoms with E-state index in [1.807, 2.05) is 34.7 Å². The van der Waals surface area contributed by atoms with Crippen LogP contribution in [0.3, 0.4) is 0 Å². The van der Waals surface area contributed by atoms with E-state index in [0.29, 0.717) is 11.3 Å². The van der Waals surface area contributed by atoms with Gasteiger partial charge in [0.05, 0.1) is 23.6 Å². The first-order valence-corrected chi connectivity index (χ1v) is 8.03. The summed E-state index contributed by atoms with van der Waals surface area (Å²) in [6.45, 7) is 0. The lowest BCUT2D eigenvalue weighted by Crippen LogP contribution is -2.12. The van der Waals surface area contributed by atoms with Gasteiger partial charge in [0, 0.05) is 35.2 Å². The Morgan fingerprint density at radius 2 is 2.15 bits per heavy atom. The highest BCUT2D eigenvalue weighted by Gasteiger charge is 2.12. The van der Waals surface area contributed by atoms with Crippen LogP contribution in [0.15, 0.2) is 71.9 Å². The van der Waals surface area contributed by atoms with Crippen molar-refractivity contribution in [3.63, 3.8) is 0 Å². The van der Waals surface area contributed by atoms with Crippen LogP contribution in [-0.4, -0.2) is 25.5 Å². The van der Waals surface area contributed by atoms with Crippen molar-refractivity contribution in [3.05, 3.63) is 73.1 Å². The van der Waals surface area contributed by atoms with Crippen LogP contribution in [0.4, 0.5) is 5.69 Å². The highest BCUT2D eigenvalue weighted by Crippen LogP contribution is 2.28. The normalized spacial score (nSPS) is 11.2. The number of carbonyl (C=O) groups is 1. The van der Waals surface area contributed by atoms with Gasteiger partial charge in [-0.05, 0) is 36.4 Å². The number of benzene rings is 1. The van der Waals surface area contributed by atoms with Gasteiger partial charge in [-0.15, -0.1) is 0 Å². The first kappa shape index (κ1) is 14.5. The van der Waals surface area contributed by atoms with E-state index < -0.39 is 0 Å². The molecule has 0 radical (unpaired) electrons. The molecule has 0 bridgehead atoms. The Labute approximate surface area is 147 Å². The molecule has 0 fully saturated rings. The van der Waals surface area contributed by atoms with E-state index in [9.17, 15) is 4.79 Å². The van der Waals surface area contributed by atoms with E-state index in [1.165, 1.54) is 0 Å². The van der Waals surface area contributed by atoms with Crippen molar-refractivity contribution in [2.24, 2.45) is 0 Å². The SMILES string of the molecule is O=C(Nc1ccc2[nH]nc(-c3ccoc3)c2c1)c1ccc2nccn2c1. The molecule has 1 amide bonds. The molecule has 0 unspecified atom stereocenters. The number of nitrogens with zero attached hydrogens (tertiary/aromatic N) is 3. The van der Waals surface area contributed by atoms with Gasteiger partial charge in [0.1, 0.15) is 11.3 Å². The number of imidazole rings is 1. The summed E-state index contributed by atoms with van der Waals surface area (Å²) in [6, 6.07) is 11.0. The third-order valence-electron chi connectivity index (χ3n) is 4.27. The summed E-state index contributed by atoms with van der Waals surface area (Å²) < 4.78 is 6.95. The molecular formula is C19H13N5O2. The third kappa shape index (κ3) is 2.34. The molecular weight excluding hydrogens is 330 g/mol. The number of amides is 1. The van der Waals surface area contributed by atoms with Gasteiger partial charge in [-0.3, -0.25) is 9.89 Å².